The maximum atomic E-state index is 16.0. The van der Waals surface area contributed by atoms with Gasteiger partial charge in [0.2, 0.25) is 0 Å². The molecule has 6 rings (SSSR count). The van der Waals surface area contributed by atoms with Crippen LogP contribution in [0.2, 0.25) is 5.02 Å². The molecule has 0 saturated carbocycles. The molecular formula is C28H25ClF2N4O2. The van der Waals surface area contributed by atoms with Crippen molar-refractivity contribution in [2.75, 3.05) is 24.6 Å². The monoisotopic (exact) mass is 522 g/mol. The number of aromatic nitrogens is 2. The van der Waals surface area contributed by atoms with Gasteiger partial charge in [0.25, 0.3) is 0 Å². The minimum absolute atomic E-state index is 0.0259. The van der Waals surface area contributed by atoms with Crippen LogP contribution in [0.1, 0.15) is 18.9 Å². The van der Waals surface area contributed by atoms with E-state index in [1.54, 1.807) is 0 Å². The number of anilines is 1. The molecule has 2 atom stereocenters. The highest BCUT2D eigenvalue weighted by atomic mass is 35.5. The van der Waals surface area contributed by atoms with Crippen molar-refractivity contribution >= 4 is 28.3 Å². The molecule has 0 spiro atoms. The van der Waals surface area contributed by atoms with Crippen molar-refractivity contribution in [3.05, 3.63) is 77.1 Å². The van der Waals surface area contributed by atoms with Crippen LogP contribution in [-0.4, -0.2) is 51.8 Å². The number of benzene rings is 3. The second-order valence-electron chi connectivity index (χ2n) is 9.59. The summed E-state index contributed by atoms with van der Waals surface area (Å²) in [6, 6.07) is 14.4. The van der Waals surface area contributed by atoms with Crippen molar-refractivity contribution < 1.29 is 18.6 Å². The first-order chi connectivity index (χ1) is 17.9. The Hall–Kier alpha value is -3.49. The molecule has 37 heavy (non-hydrogen) atoms. The Kier molecular flexibility index (Phi) is 6.09. The Balaban J connectivity index is 1.46. The lowest BCUT2D eigenvalue weighted by Crippen LogP contribution is -2.58. The van der Waals surface area contributed by atoms with Crippen molar-refractivity contribution in [3.8, 4) is 22.6 Å². The third-order valence-electron chi connectivity index (χ3n) is 7.31. The van der Waals surface area contributed by atoms with Gasteiger partial charge in [-0.25, -0.2) is 18.7 Å². The zero-order valence-corrected chi connectivity index (χ0v) is 20.9. The van der Waals surface area contributed by atoms with Crippen LogP contribution in [0.25, 0.3) is 22.0 Å². The Morgan fingerprint density at radius 1 is 1.05 bits per heavy atom. The third kappa shape index (κ3) is 4.04. The van der Waals surface area contributed by atoms with Gasteiger partial charge in [-0.2, -0.15) is 0 Å². The first-order valence-electron chi connectivity index (χ1n) is 12.2. The van der Waals surface area contributed by atoms with Crippen LogP contribution in [0.4, 0.5) is 14.6 Å². The minimum Gasteiger partial charge on any atom is -0.507 e. The molecule has 1 aromatic heterocycles. The molecule has 190 valence electrons. The number of fused-ring (bicyclic) bond motifs is 2. The number of rotatable bonds is 3. The van der Waals surface area contributed by atoms with E-state index in [0.717, 1.165) is 19.2 Å². The van der Waals surface area contributed by atoms with Crippen molar-refractivity contribution in [2.45, 2.75) is 32.0 Å². The number of halogens is 3. The van der Waals surface area contributed by atoms with E-state index in [4.69, 9.17) is 16.3 Å². The Bertz CT molecular complexity index is 1470. The summed E-state index contributed by atoms with van der Waals surface area (Å²) in [6.07, 6.45) is 2.00. The number of phenolic OH excluding ortho intramolecular Hbond substituents is 1. The topological polar surface area (TPSA) is 61.7 Å². The van der Waals surface area contributed by atoms with Gasteiger partial charge in [-0.15, -0.1) is 0 Å². The Morgan fingerprint density at radius 2 is 1.86 bits per heavy atom. The van der Waals surface area contributed by atoms with Crippen LogP contribution in [0.15, 0.2) is 54.9 Å². The predicted octanol–water partition coefficient (Wildman–Crippen LogP) is 5.80. The molecule has 9 heteroatoms. The average Bonchev–Trinajstić information content (AvgIpc) is 2.88. The molecule has 2 aliphatic heterocycles. The quantitative estimate of drug-likeness (QED) is 0.367. The Labute approximate surface area is 218 Å². The van der Waals surface area contributed by atoms with Gasteiger partial charge in [0.15, 0.2) is 11.6 Å². The van der Waals surface area contributed by atoms with E-state index >= 15 is 4.39 Å². The van der Waals surface area contributed by atoms with Gasteiger partial charge in [0.05, 0.1) is 22.6 Å². The summed E-state index contributed by atoms with van der Waals surface area (Å²) in [5, 5.41) is 10.6. The number of hydrogen-bond donors (Lipinski definition) is 1. The van der Waals surface area contributed by atoms with Gasteiger partial charge >= 0.3 is 0 Å². The van der Waals surface area contributed by atoms with Gasteiger partial charge in [-0.05, 0) is 24.6 Å². The van der Waals surface area contributed by atoms with Crippen LogP contribution in [-0.2, 0) is 6.54 Å². The summed E-state index contributed by atoms with van der Waals surface area (Å²) >= 11 is 6.70. The average molecular weight is 523 g/mol. The number of ether oxygens (including phenoxy) is 1. The van der Waals surface area contributed by atoms with Crippen molar-refractivity contribution in [1.29, 1.82) is 0 Å². The van der Waals surface area contributed by atoms with Gasteiger partial charge in [-0.1, -0.05) is 48.0 Å². The van der Waals surface area contributed by atoms with Gasteiger partial charge in [0.1, 0.15) is 29.2 Å². The van der Waals surface area contributed by atoms with E-state index in [2.05, 4.69) is 38.8 Å². The zero-order chi connectivity index (χ0) is 25.7. The summed E-state index contributed by atoms with van der Waals surface area (Å²) in [5.41, 5.74) is 0.622. The number of aromatic hydroxyl groups is 1. The van der Waals surface area contributed by atoms with Crippen LogP contribution in [0.5, 0.6) is 11.5 Å². The second-order valence-corrected chi connectivity index (χ2v) is 9.97. The fraction of sp³-hybridized carbons (Fsp3) is 0.286. The first kappa shape index (κ1) is 23.9. The maximum Gasteiger partial charge on any atom is 0.159 e. The van der Waals surface area contributed by atoms with Crippen molar-refractivity contribution in [1.82, 2.24) is 14.9 Å². The van der Waals surface area contributed by atoms with E-state index in [1.807, 2.05) is 18.2 Å². The normalized spacial score (nSPS) is 19.7. The van der Waals surface area contributed by atoms with Gasteiger partial charge in [-0.3, -0.25) is 4.90 Å². The van der Waals surface area contributed by atoms with E-state index in [-0.39, 0.29) is 39.5 Å². The number of nitrogens with zero attached hydrogens (tertiary/aromatic N) is 4. The summed E-state index contributed by atoms with van der Waals surface area (Å²) in [4.78, 5) is 13.4. The van der Waals surface area contributed by atoms with Crippen LogP contribution in [0, 0.1) is 11.6 Å². The van der Waals surface area contributed by atoms with Crippen molar-refractivity contribution in [2.24, 2.45) is 0 Å². The standard InChI is InChI=1S/C28H25ClF2N4O2/c1-16-12-35-18(14-34(16)13-17-6-3-2-4-7-17)10-11-37-27-23-26(32-15-33-28(23)35)25(31)22(24(27)29)21-19(30)8-5-9-20(21)36/h2-9,15-16,18,36H,10-14H2,1H3/t16-,18+/m0/s1. The van der Waals surface area contributed by atoms with E-state index in [0.29, 0.717) is 30.8 Å². The predicted molar refractivity (Wildman–Crippen MR) is 139 cm³/mol. The highest BCUT2D eigenvalue weighted by Gasteiger charge is 2.37. The highest BCUT2D eigenvalue weighted by Crippen LogP contribution is 2.49. The van der Waals surface area contributed by atoms with Crippen LogP contribution >= 0.6 is 11.6 Å². The van der Waals surface area contributed by atoms with E-state index in [1.165, 1.54) is 24.0 Å². The molecule has 0 unspecified atom stereocenters. The molecule has 0 bridgehead atoms. The number of hydrogen-bond acceptors (Lipinski definition) is 6. The molecule has 1 saturated heterocycles. The van der Waals surface area contributed by atoms with E-state index in [9.17, 15) is 9.50 Å². The lowest BCUT2D eigenvalue weighted by Gasteiger charge is -2.47. The molecule has 0 aliphatic carbocycles. The summed E-state index contributed by atoms with van der Waals surface area (Å²) in [5.74, 6) is -1.30. The zero-order valence-electron chi connectivity index (χ0n) is 20.2. The molecule has 0 amide bonds. The highest BCUT2D eigenvalue weighted by molar-refractivity contribution is 6.36. The molecule has 1 fully saturated rings. The minimum atomic E-state index is -0.829. The summed E-state index contributed by atoms with van der Waals surface area (Å²) in [6.45, 7) is 4.80. The maximum absolute atomic E-state index is 16.0. The number of piperazine rings is 1. The first-order valence-corrected chi connectivity index (χ1v) is 12.6. The molecule has 2 aliphatic rings. The lowest BCUT2D eigenvalue weighted by molar-refractivity contribution is 0.140. The Morgan fingerprint density at radius 3 is 2.65 bits per heavy atom. The SMILES string of the molecule is C[C@H]1CN2c3ncnc4c(F)c(-c5c(O)cccc5F)c(Cl)c(c34)OCC[C@@H]2CN1Cc1ccccc1. The second kappa shape index (κ2) is 9.43. The van der Waals surface area contributed by atoms with Gasteiger partial charge in [0, 0.05) is 43.7 Å². The van der Waals surface area contributed by atoms with Gasteiger partial charge < -0.3 is 14.7 Å². The van der Waals surface area contributed by atoms with Crippen molar-refractivity contribution in [3.63, 3.8) is 0 Å². The summed E-state index contributed by atoms with van der Waals surface area (Å²) in [7, 11) is 0. The fourth-order valence-corrected chi connectivity index (χ4v) is 5.79. The summed E-state index contributed by atoms with van der Waals surface area (Å²) < 4.78 is 36.9. The third-order valence-corrected chi connectivity index (χ3v) is 7.67. The smallest absolute Gasteiger partial charge is 0.159 e. The van der Waals surface area contributed by atoms with Crippen LogP contribution in [0.3, 0.4) is 0 Å². The largest absolute Gasteiger partial charge is 0.507 e. The molecule has 6 nitrogen and oxygen atoms in total. The fourth-order valence-electron chi connectivity index (χ4n) is 5.46. The lowest BCUT2D eigenvalue weighted by atomic mass is 9.98. The van der Waals surface area contributed by atoms with E-state index < -0.39 is 17.4 Å². The molecule has 3 aromatic carbocycles. The molecule has 3 heterocycles. The molecule has 4 aromatic rings. The van der Waals surface area contributed by atoms with Crippen LogP contribution < -0.4 is 9.64 Å². The molecular weight excluding hydrogens is 498 g/mol. The number of phenols is 1. The molecule has 0 radical (unpaired) electrons. The molecule has 1 N–H and O–H groups in total.